The summed E-state index contributed by atoms with van der Waals surface area (Å²) in [6.07, 6.45) is 0. The second kappa shape index (κ2) is 5.38. The van der Waals surface area contributed by atoms with Gasteiger partial charge in [-0.15, -0.1) is 0 Å². The number of benzene rings is 2. The lowest BCUT2D eigenvalue weighted by molar-refractivity contribution is -0.0567. The van der Waals surface area contributed by atoms with Crippen LogP contribution in [0.2, 0.25) is 5.02 Å². The van der Waals surface area contributed by atoms with Gasteiger partial charge in [0.15, 0.2) is 0 Å². The molecule has 0 aromatic heterocycles. The molecule has 2 atom stereocenters. The van der Waals surface area contributed by atoms with Crippen molar-refractivity contribution in [2.45, 2.75) is 31.6 Å². The highest BCUT2D eigenvalue weighted by Crippen LogP contribution is 2.45. The van der Waals surface area contributed by atoms with E-state index in [9.17, 15) is 0 Å². The van der Waals surface area contributed by atoms with Crippen molar-refractivity contribution in [3.05, 3.63) is 70.2 Å². The largest absolute Gasteiger partial charge is 0.369 e. The average Bonchev–Trinajstić information content (AvgIpc) is 2.85. The summed E-state index contributed by atoms with van der Waals surface area (Å²) in [6.45, 7) is 5.84. The van der Waals surface area contributed by atoms with Crippen molar-refractivity contribution in [3.8, 4) is 0 Å². The van der Waals surface area contributed by atoms with Crippen LogP contribution in [-0.4, -0.2) is 23.6 Å². The number of nitrogens with zero attached hydrogens (tertiary/aromatic N) is 1. The summed E-state index contributed by atoms with van der Waals surface area (Å²) in [4.78, 5) is 2.50. The average molecular weight is 314 g/mol. The van der Waals surface area contributed by atoms with Crippen LogP contribution in [-0.2, 0) is 17.9 Å². The summed E-state index contributed by atoms with van der Waals surface area (Å²) in [6, 6.07) is 16.9. The first kappa shape index (κ1) is 14.3. The fourth-order valence-electron chi connectivity index (χ4n) is 3.90. The molecule has 1 fully saturated rings. The highest BCUT2D eigenvalue weighted by molar-refractivity contribution is 6.31. The molecule has 0 radical (unpaired) electrons. The Hall–Kier alpha value is -1.35. The Morgan fingerprint density at radius 1 is 1.18 bits per heavy atom. The van der Waals surface area contributed by atoms with E-state index in [0.29, 0.717) is 12.5 Å². The molecule has 0 amide bonds. The summed E-state index contributed by atoms with van der Waals surface area (Å²) in [7, 11) is 0. The third-order valence-corrected chi connectivity index (χ3v) is 5.40. The first-order valence-electron chi connectivity index (χ1n) is 7.83. The van der Waals surface area contributed by atoms with Crippen LogP contribution in [0.4, 0.5) is 0 Å². The molecule has 2 aromatic carbocycles. The van der Waals surface area contributed by atoms with Gasteiger partial charge < -0.3 is 4.74 Å². The minimum absolute atomic E-state index is 0.105. The van der Waals surface area contributed by atoms with E-state index in [1.54, 1.807) is 0 Å². The maximum atomic E-state index is 6.35. The number of halogens is 1. The minimum atomic E-state index is -0.105. The van der Waals surface area contributed by atoms with E-state index in [1.807, 2.05) is 6.07 Å². The van der Waals surface area contributed by atoms with E-state index in [2.05, 4.69) is 54.3 Å². The van der Waals surface area contributed by atoms with Gasteiger partial charge in [-0.05, 0) is 29.7 Å². The number of likely N-dealkylation sites (tertiary alicyclic amines) is 1. The Bertz CT molecular complexity index is 687. The zero-order valence-electron chi connectivity index (χ0n) is 12.8. The van der Waals surface area contributed by atoms with Crippen molar-refractivity contribution in [2.24, 2.45) is 0 Å². The van der Waals surface area contributed by atoms with Crippen LogP contribution in [0.25, 0.3) is 0 Å². The van der Waals surface area contributed by atoms with E-state index in [0.717, 1.165) is 24.7 Å². The van der Waals surface area contributed by atoms with Crippen molar-refractivity contribution < 1.29 is 4.74 Å². The highest BCUT2D eigenvalue weighted by Gasteiger charge is 2.48. The van der Waals surface area contributed by atoms with E-state index < -0.39 is 0 Å². The van der Waals surface area contributed by atoms with Gasteiger partial charge in [0.25, 0.3) is 0 Å². The maximum absolute atomic E-state index is 6.35. The standard InChI is InChI=1S/C19H20ClNO/c1-19-13-21(10-14-6-3-2-4-7-14)11-17(19)15-8-5-9-18(20)16(15)12-22-19/h2-9,17H,10-13H2,1H3/t17-,19-/m1/s1. The van der Waals surface area contributed by atoms with Crippen LogP contribution in [0, 0.1) is 0 Å². The van der Waals surface area contributed by atoms with Crippen molar-refractivity contribution in [2.75, 3.05) is 13.1 Å². The van der Waals surface area contributed by atoms with E-state index in [1.165, 1.54) is 16.7 Å². The van der Waals surface area contributed by atoms with Gasteiger partial charge in [-0.3, -0.25) is 4.90 Å². The number of ether oxygens (including phenoxy) is 1. The molecule has 3 heteroatoms. The van der Waals surface area contributed by atoms with E-state index in [4.69, 9.17) is 16.3 Å². The van der Waals surface area contributed by atoms with Gasteiger partial charge in [-0.25, -0.2) is 0 Å². The Labute approximate surface area is 136 Å². The normalized spacial score (nSPS) is 27.5. The second-order valence-corrected chi connectivity index (χ2v) is 7.02. The van der Waals surface area contributed by atoms with Gasteiger partial charge >= 0.3 is 0 Å². The van der Waals surface area contributed by atoms with Crippen LogP contribution in [0.15, 0.2) is 48.5 Å². The van der Waals surface area contributed by atoms with Crippen molar-refractivity contribution >= 4 is 11.6 Å². The summed E-state index contributed by atoms with van der Waals surface area (Å²) in [5.74, 6) is 0.402. The first-order chi connectivity index (χ1) is 10.7. The number of hydrogen-bond acceptors (Lipinski definition) is 2. The Morgan fingerprint density at radius 2 is 2.00 bits per heavy atom. The number of fused-ring (bicyclic) bond motifs is 3. The molecule has 114 valence electrons. The SMILES string of the molecule is C[C@@]12CN(Cc3ccccc3)C[C@@H]1c1cccc(Cl)c1CO2. The molecule has 0 aliphatic carbocycles. The molecule has 22 heavy (non-hydrogen) atoms. The monoisotopic (exact) mass is 313 g/mol. The molecule has 0 spiro atoms. The third kappa shape index (κ3) is 2.36. The van der Waals surface area contributed by atoms with E-state index >= 15 is 0 Å². The lowest BCUT2D eigenvalue weighted by Gasteiger charge is -2.37. The number of hydrogen-bond donors (Lipinski definition) is 0. The van der Waals surface area contributed by atoms with Crippen molar-refractivity contribution in [3.63, 3.8) is 0 Å². The Kier molecular flexibility index (Phi) is 3.48. The molecule has 2 aliphatic rings. The Morgan fingerprint density at radius 3 is 2.82 bits per heavy atom. The fraction of sp³-hybridized carbons (Fsp3) is 0.368. The number of rotatable bonds is 2. The van der Waals surface area contributed by atoms with Gasteiger partial charge in [-0.2, -0.15) is 0 Å². The topological polar surface area (TPSA) is 12.5 Å². The summed E-state index contributed by atoms with van der Waals surface area (Å²) in [5, 5.41) is 0.834. The molecule has 4 rings (SSSR count). The molecule has 0 bridgehead atoms. The molecular weight excluding hydrogens is 294 g/mol. The summed E-state index contributed by atoms with van der Waals surface area (Å²) >= 11 is 6.35. The van der Waals surface area contributed by atoms with Crippen molar-refractivity contribution in [1.82, 2.24) is 4.90 Å². The quantitative estimate of drug-likeness (QED) is 0.822. The van der Waals surface area contributed by atoms with Crippen LogP contribution >= 0.6 is 11.6 Å². The lowest BCUT2D eigenvalue weighted by Crippen LogP contribution is -2.40. The van der Waals surface area contributed by atoms with Gasteiger partial charge in [0.2, 0.25) is 0 Å². The van der Waals surface area contributed by atoms with Gasteiger partial charge in [0.1, 0.15) is 0 Å². The predicted octanol–water partition coefficient (Wildman–Crippen LogP) is 4.23. The summed E-state index contributed by atoms with van der Waals surface area (Å²) < 4.78 is 6.24. The predicted molar refractivity (Wildman–Crippen MR) is 89.1 cm³/mol. The first-order valence-corrected chi connectivity index (χ1v) is 8.21. The molecule has 0 saturated carbocycles. The van der Waals surface area contributed by atoms with E-state index in [-0.39, 0.29) is 5.60 Å². The van der Waals surface area contributed by atoms with Gasteiger partial charge in [0.05, 0.1) is 12.2 Å². The highest BCUT2D eigenvalue weighted by atomic mass is 35.5. The zero-order chi connectivity index (χ0) is 15.2. The van der Waals surface area contributed by atoms with Crippen LogP contribution < -0.4 is 0 Å². The molecule has 0 N–H and O–H groups in total. The molecule has 0 unspecified atom stereocenters. The third-order valence-electron chi connectivity index (χ3n) is 5.04. The molecule has 2 aliphatic heterocycles. The van der Waals surface area contributed by atoms with Gasteiger partial charge in [-0.1, -0.05) is 54.1 Å². The lowest BCUT2D eigenvalue weighted by atomic mass is 9.81. The molecule has 2 heterocycles. The second-order valence-electron chi connectivity index (χ2n) is 6.62. The molecule has 2 aromatic rings. The minimum Gasteiger partial charge on any atom is -0.369 e. The van der Waals surface area contributed by atoms with Crippen LogP contribution in [0.3, 0.4) is 0 Å². The molecular formula is C19H20ClNO. The Balaban J connectivity index is 1.61. The maximum Gasteiger partial charge on any atom is 0.0866 e. The van der Waals surface area contributed by atoms with Gasteiger partial charge in [0, 0.05) is 30.6 Å². The summed E-state index contributed by atoms with van der Waals surface area (Å²) in [5.41, 5.74) is 3.80. The molecule has 1 saturated heterocycles. The fourth-order valence-corrected chi connectivity index (χ4v) is 4.13. The van der Waals surface area contributed by atoms with Crippen LogP contribution in [0.5, 0.6) is 0 Å². The smallest absolute Gasteiger partial charge is 0.0866 e. The zero-order valence-corrected chi connectivity index (χ0v) is 13.5. The van der Waals surface area contributed by atoms with Crippen LogP contribution in [0.1, 0.15) is 29.5 Å². The molecule has 2 nitrogen and oxygen atoms in total. The van der Waals surface area contributed by atoms with Crippen molar-refractivity contribution in [1.29, 1.82) is 0 Å².